The predicted molar refractivity (Wildman–Crippen MR) is 90.4 cm³/mol. The highest BCUT2D eigenvalue weighted by Gasteiger charge is 2.19. The molecular weight excluding hydrogens is 320 g/mol. The van der Waals surface area contributed by atoms with Crippen molar-refractivity contribution < 1.29 is 0 Å². The van der Waals surface area contributed by atoms with Gasteiger partial charge in [-0.15, -0.1) is 11.3 Å². The molecule has 0 unspecified atom stereocenters. The van der Waals surface area contributed by atoms with Gasteiger partial charge < -0.3 is 10.6 Å². The maximum atomic E-state index is 5.95. The summed E-state index contributed by atoms with van der Waals surface area (Å²) in [5, 5.41) is 3.76. The number of nitrogens with two attached hydrogens (primary N) is 1. The molecule has 0 spiro atoms. The number of hydrogen-bond acceptors (Lipinski definition) is 7. The molecule has 1 fully saturated rings. The predicted octanol–water partition coefficient (Wildman–Crippen LogP) is 2.05. The van der Waals surface area contributed by atoms with Gasteiger partial charge in [0.05, 0.1) is 10.7 Å². The number of nitrogen functional groups attached to an aromatic ring is 1. The number of hydrogen-bond donors (Lipinski definition) is 1. The summed E-state index contributed by atoms with van der Waals surface area (Å²) in [6.45, 7) is 6.80. The van der Waals surface area contributed by atoms with Crippen LogP contribution >= 0.6 is 22.9 Å². The van der Waals surface area contributed by atoms with E-state index >= 15 is 0 Å². The molecule has 2 aromatic heterocycles. The lowest BCUT2D eigenvalue weighted by Crippen LogP contribution is -2.46. The van der Waals surface area contributed by atoms with Gasteiger partial charge in [-0.05, 0) is 6.42 Å². The third kappa shape index (κ3) is 3.66. The summed E-state index contributed by atoms with van der Waals surface area (Å²) >= 11 is 7.69. The van der Waals surface area contributed by atoms with E-state index in [-0.39, 0.29) is 5.95 Å². The highest BCUT2D eigenvalue weighted by molar-refractivity contribution is 7.09. The second-order valence-electron chi connectivity index (χ2n) is 5.26. The largest absolute Gasteiger partial charge is 0.368 e. The summed E-state index contributed by atoms with van der Waals surface area (Å²) in [5.41, 5.74) is 6.83. The smallest absolute Gasteiger partial charge is 0.223 e. The van der Waals surface area contributed by atoms with E-state index in [1.807, 2.05) is 0 Å². The van der Waals surface area contributed by atoms with Crippen LogP contribution in [0.25, 0.3) is 0 Å². The van der Waals surface area contributed by atoms with Crippen molar-refractivity contribution >= 4 is 34.7 Å². The van der Waals surface area contributed by atoms with Crippen LogP contribution in [0.2, 0.25) is 5.15 Å². The third-order valence-electron chi connectivity index (χ3n) is 3.68. The van der Waals surface area contributed by atoms with Gasteiger partial charge in [-0.1, -0.05) is 18.5 Å². The number of halogens is 1. The van der Waals surface area contributed by atoms with Gasteiger partial charge in [0.1, 0.15) is 11.0 Å². The number of piperazine rings is 1. The molecule has 0 radical (unpaired) electrons. The van der Waals surface area contributed by atoms with Crippen molar-refractivity contribution in [2.75, 3.05) is 36.8 Å². The Morgan fingerprint density at radius 1 is 1.23 bits per heavy atom. The van der Waals surface area contributed by atoms with Crippen molar-refractivity contribution in [1.82, 2.24) is 19.9 Å². The lowest BCUT2D eigenvalue weighted by Gasteiger charge is -2.35. The Balaban J connectivity index is 1.57. The fourth-order valence-corrected chi connectivity index (χ4v) is 3.45. The summed E-state index contributed by atoms with van der Waals surface area (Å²) in [4.78, 5) is 17.4. The monoisotopic (exact) mass is 338 g/mol. The van der Waals surface area contributed by atoms with Crippen molar-refractivity contribution in [2.45, 2.75) is 19.9 Å². The van der Waals surface area contributed by atoms with Gasteiger partial charge in [0.2, 0.25) is 5.95 Å². The quantitative estimate of drug-likeness (QED) is 0.860. The van der Waals surface area contributed by atoms with Crippen LogP contribution in [0.4, 0.5) is 11.8 Å². The second-order valence-corrected chi connectivity index (χ2v) is 6.59. The Morgan fingerprint density at radius 2 is 2.00 bits per heavy atom. The molecule has 3 heterocycles. The van der Waals surface area contributed by atoms with Crippen molar-refractivity contribution in [2.24, 2.45) is 0 Å². The number of thiazole rings is 1. The number of aryl methyl sites for hydroxylation is 1. The standard InChI is InChI=1S/C14H19ClN6S/c1-2-13-17-10(9-22-13)8-20-3-5-21(6-4-20)12-7-11(15)18-14(16)19-12/h7,9H,2-6,8H2,1H3,(H2,16,18,19). The normalized spacial score (nSPS) is 16.2. The van der Waals surface area contributed by atoms with E-state index in [0.717, 1.165) is 45.0 Å². The van der Waals surface area contributed by atoms with E-state index in [1.54, 1.807) is 17.4 Å². The first-order chi connectivity index (χ1) is 10.6. The molecule has 0 aliphatic carbocycles. The van der Waals surface area contributed by atoms with Gasteiger partial charge in [0, 0.05) is 44.2 Å². The molecule has 2 N–H and O–H groups in total. The molecule has 22 heavy (non-hydrogen) atoms. The molecule has 1 saturated heterocycles. The van der Waals surface area contributed by atoms with Crippen LogP contribution in [0.1, 0.15) is 17.6 Å². The molecule has 2 aromatic rings. The Hall–Kier alpha value is -1.44. The van der Waals surface area contributed by atoms with Crippen LogP contribution in [0.15, 0.2) is 11.4 Å². The van der Waals surface area contributed by atoms with Crippen LogP contribution in [-0.4, -0.2) is 46.0 Å². The average molecular weight is 339 g/mol. The van der Waals surface area contributed by atoms with Gasteiger partial charge >= 0.3 is 0 Å². The molecule has 1 aliphatic heterocycles. The van der Waals surface area contributed by atoms with E-state index in [4.69, 9.17) is 17.3 Å². The molecule has 8 heteroatoms. The Labute approximate surface area is 138 Å². The van der Waals surface area contributed by atoms with Crippen molar-refractivity contribution in [3.8, 4) is 0 Å². The zero-order chi connectivity index (χ0) is 15.5. The molecule has 0 amide bonds. The Kier molecular flexibility index (Phi) is 4.75. The summed E-state index contributed by atoms with van der Waals surface area (Å²) in [7, 11) is 0. The van der Waals surface area contributed by atoms with Gasteiger partial charge in [0.15, 0.2) is 0 Å². The molecule has 0 saturated carbocycles. The molecule has 1 aliphatic rings. The SMILES string of the molecule is CCc1nc(CN2CCN(c3cc(Cl)nc(N)n3)CC2)cs1. The molecule has 6 nitrogen and oxygen atoms in total. The third-order valence-corrected chi connectivity index (χ3v) is 4.92. The van der Waals surface area contributed by atoms with Crippen LogP contribution < -0.4 is 10.6 Å². The number of aromatic nitrogens is 3. The minimum atomic E-state index is 0.222. The second kappa shape index (κ2) is 6.76. The highest BCUT2D eigenvalue weighted by atomic mass is 35.5. The van der Waals surface area contributed by atoms with Crippen molar-refractivity contribution in [3.63, 3.8) is 0 Å². The van der Waals surface area contributed by atoms with Crippen LogP contribution in [-0.2, 0) is 13.0 Å². The number of rotatable bonds is 4. The van der Waals surface area contributed by atoms with Crippen LogP contribution in [0, 0.1) is 0 Å². The summed E-state index contributed by atoms with van der Waals surface area (Å²) in [5.74, 6) is 1.03. The first kappa shape index (κ1) is 15.5. The molecule has 0 bridgehead atoms. The van der Waals surface area contributed by atoms with Crippen molar-refractivity contribution in [1.29, 1.82) is 0 Å². The van der Waals surface area contributed by atoms with Crippen LogP contribution in [0.5, 0.6) is 0 Å². The minimum Gasteiger partial charge on any atom is -0.368 e. The Bertz CT molecular complexity index is 618. The summed E-state index contributed by atoms with van der Waals surface area (Å²) in [6, 6.07) is 1.77. The molecule has 0 atom stereocenters. The molecule has 0 aromatic carbocycles. The molecule has 118 valence electrons. The lowest BCUT2D eigenvalue weighted by molar-refractivity contribution is 0.247. The lowest BCUT2D eigenvalue weighted by atomic mass is 10.3. The van der Waals surface area contributed by atoms with Gasteiger partial charge in [-0.3, -0.25) is 4.90 Å². The Morgan fingerprint density at radius 3 is 2.64 bits per heavy atom. The fourth-order valence-electron chi connectivity index (χ4n) is 2.53. The summed E-state index contributed by atoms with van der Waals surface area (Å²) < 4.78 is 0. The van der Waals surface area contributed by atoms with Gasteiger partial charge in [-0.25, -0.2) is 9.97 Å². The number of anilines is 2. The van der Waals surface area contributed by atoms with Crippen molar-refractivity contribution in [3.05, 3.63) is 27.3 Å². The first-order valence-corrected chi connectivity index (χ1v) is 8.60. The van der Waals surface area contributed by atoms with E-state index < -0.39 is 0 Å². The zero-order valence-electron chi connectivity index (χ0n) is 12.5. The first-order valence-electron chi connectivity index (χ1n) is 7.34. The zero-order valence-corrected chi connectivity index (χ0v) is 14.1. The maximum Gasteiger partial charge on any atom is 0.223 e. The topological polar surface area (TPSA) is 71.2 Å². The highest BCUT2D eigenvalue weighted by Crippen LogP contribution is 2.19. The number of nitrogens with zero attached hydrogens (tertiary/aromatic N) is 5. The van der Waals surface area contributed by atoms with E-state index in [0.29, 0.717) is 5.15 Å². The average Bonchev–Trinajstić information content (AvgIpc) is 2.95. The molecular formula is C14H19ClN6S. The van der Waals surface area contributed by atoms with E-state index in [1.165, 1.54) is 10.7 Å². The van der Waals surface area contributed by atoms with E-state index in [9.17, 15) is 0 Å². The van der Waals surface area contributed by atoms with E-state index in [2.05, 4.69) is 37.1 Å². The maximum absolute atomic E-state index is 5.95. The molecule has 3 rings (SSSR count). The summed E-state index contributed by atoms with van der Waals surface area (Å²) in [6.07, 6.45) is 1.01. The fraction of sp³-hybridized carbons (Fsp3) is 0.500. The van der Waals surface area contributed by atoms with Gasteiger partial charge in [0.25, 0.3) is 0 Å². The van der Waals surface area contributed by atoms with Gasteiger partial charge in [-0.2, -0.15) is 4.98 Å². The minimum absolute atomic E-state index is 0.222. The van der Waals surface area contributed by atoms with Crippen LogP contribution in [0.3, 0.4) is 0 Å².